The van der Waals surface area contributed by atoms with Gasteiger partial charge in [0.2, 0.25) is 5.91 Å². The second kappa shape index (κ2) is 8.11. The van der Waals surface area contributed by atoms with Crippen molar-refractivity contribution >= 4 is 38.9 Å². The highest BCUT2D eigenvalue weighted by Gasteiger charge is 2.26. The van der Waals surface area contributed by atoms with Crippen LogP contribution in [0, 0.1) is 5.41 Å². The van der Waals surface area contributed by atoms with E-state index in [1.165, 1.54) is 0 Å². The fraction of sp³-hybridized carbons (Fsp3) is 0.350. The molecule has 0 radical (unpaired) electrons. The van der Waals surface area contributed by atoms with Gasteiger partial charge in [-0.1, -0.05) is 12.1 Å². The van der Waals surface area contributed by atoms with Crippen LogP contribution in [0.25, 0.3) is 0 Å². The van der Waals surface area contributed by atoms with Gasteiger partial charge in [0.15, 0.2) is 0 Å². The first-order valence-corrected chi connectivity index (χ1v) is 11.1. The third kappa shape index (κ3) is 4.48. The zero-order chi connectivity index (χ0) is 20.4. The number of rotatable bonds is 6. The van der Waals surface area contributed by atoms with E-state index < -0.39 is 15.4 Å². The second-order valence-electron chi connectivity index (χ2n) is 7.48. The van der Waals surface area contributed by atoms with Crippen molar-refractivity contribution < 1.29 is 13.2 Å². The van der Waals surface area contributed by atoms with Gasteiger partial charge in [-0.25, -0.2) is 8.42 Å². The lowest BCUT2D eigenvalue weighted by molar-refractivity contribution is -0.122. The lowest BCUT2D eigenvalue weighted by Gasteiger charge is -2.21. The minimum atomic E-state index is -3.70. The summed E-state index contributed by atoms with van der Waals surface area (Å²) in [6.07, 6.45) is 0.674. The van der Waals surface area contributed by atoms with Gasteiger partial charge in [0.1, 0.15) is 0 Å². The molecule has 0 aromatic heterocycles. The van der Waals surface area contributed by atoms with Gasteiger partial charge in [-0.2, -0.15) is 0 Å². The molecule has 0 saturated heterocycles. The van der Waals surface area contributed by atoms with E-state index >= 15 is 0 Å². The Kier molecular flexibility index (Phi) is 5.98. The summed E-state index contributed by atoms with van der Waals surface area (Å²) in [5, 5.41) is 6.04. The van der Waals surface area contributed by atoms with Gasteiger partial charge >= 0.3 is 0 Å². The molecule has 3 rings (SSSR count). The number of nitrogens with one attached hydrogen (secondary N) is 3. The number of hydrogen-bond donors (Lipinski definition) is 3. The molecule has 0 spiro atoms. The third-order valence-corrected chi connectivity index (χ3v) is 6.86. The lowest BCUT2D eigenvalue weighted by Crippen LogP contribution is -2.32. The fourth-order valence-corrected chi connectivity index (χ4v) is 4.43. The summed E-state index contributed by atoms with van der Waals surface area (Å²) >= 11 is 5.82. The zero-order valence-corrected chi connectivity index (χ0v) is 17.5. The van der Waals surface area contributed by atoms with Crippen LogP contribution in [-0.2, 0) is 27.8 Å². The molecule has 0 unspecified atom stereocenters. The molecule has 1 aliphatic heterocycles. The molecule has 0 aliphatic carbocycles. The van der Waals surface area contributed by atoms with E-state index in [-0.39, 0.29) is 11.8 Å². The van der Waals surface area contributed by atoms with Crippen molar-refractivity contribution in [3.05, 3.63) is 53.6 Å². The summed E-state index contributed by atoms with van der Waals surface area (Å²) in [6.45, 7) is 4.94. The van der Waals surface area contributed by atoms with Crippen LogP contribution in [0.2, 0.25) is 0 Å². The van der Waals surface area contributed by atoms with E-state index in [0.717, 1.165) is 17.7 Å². The molecule has 8 heteroatoms. The summed E-state index contributed by atoms with van der Waals surface area (Å²) in [4.78, 5) is 12.5. The first kappa shape index (κ1) is 20.6. The molecule has 150 valence electrons. The minimum absolute atomic E-state index is 0.194. The van der Waals surface area contributed by atoms with Crippen molar-refractivity contribution in [2.24, 2.45) is 5.41 Å². The van der Waals surface area contributed by atoms with Crippen molar-refractivity contribution in [3.8, 4) is 0 Å². The molecule has 6 nitrogen and oxygen atoms in total. The summed E-state index contributed by atoms with van der Waals surface area (Å²) in [5.41, 5.74) is 2.19. The van der Waals surface area contributed by atoms with Gasteiger partial charge in [-0.05, 0) is 68.3 Å². The molecule has 3 N–H and O–H groups in total. The lowest BCUT2D eigenvalue weighted by atomic mass is 9.95. The van der Waals surface area contributed by atoms with Gasteiger partial charge in [0, 0.05) is 23.8 Å². The zero-order valence-electron chi connectivity index (χ0n) is 15.9. The second-order valence-corrected chi connectivity index (χ2v) is 9.39. The summed E-state index contributed by atoms with van der Waals surface area (Å²) in [7, 11) is -3.70. The van der Waals surface area contributed by atoms with Crippen molar-refractivity contribution in [3.63, 3.8) is 0 Å². The Balaban J connectivity index is 1.76. The van der Waals surface area contributed by atoms with Crippen molar-refractivity contribution in [2.75, 3.05) is 22.5 Å². The molecule has 1 aliphatic rings. The monoisotopic (exact) mass is 421 g/mol. The third-order valence-electron chi connectivity index (χ3n) is 4.73. The average Bonchev–Trinajstić information content (AvgIpc) is 2.68. The molecule has 1 heterocycles. The highest BCUT2D eigenvalue weighted by atomic mass is 35.5. The maximum Gasteiger partial charge on any atom is 0.262 e. The topological polar surface area (TPSA) is 87.3 Å². The maximum atomic E-state index is 12.9. The number of benzene rings is 2. The highest BCUT2D eigenvalue weighted by molar-refractivity contribution is 7.92. The molecule has 1 amide bonds. The van der Waals surface area contributed by atoms with Gasteiger partial charge in [0.25, 0.3) is 10.0 Å². The predicted octanol–water partition coefficient (Wildman–Crippen LogP) is 3.34. The molecular formula is C20H24ClN3O3S. The quantitative estimate of drug-likeness (QED) is 0.624. The van der Waals surface area contributed by atoms with Crippen LogP contribution < -0.4 is 15.4 Å². The van der Waals surface area contributed by atoms with Crippen LogP contribution in [0.3, 0.4) is 0 Å². The van der Waals surface area contributed by atoms with Crippen LogP contribution in [-0.4, -0.2) is 26.7 Å². The number of carbonyl (C=O) groups excluding carboxylic acids is 1. The Labute approximate surface area is 170 Å². The molecule has 0 bridgehead atoms. The van der Waals surface area contributed by atoms with E-state index in [2.05, 4.69) is 15.4 Å². The number of sulfonamides is 1. The Morgan fingerprint density at radius 2 is 1.82 bits per heavy atom. The SMILES string of the molecule is CC(C)(CCl)C(=O)Nc1ccc(NS(=O)(=O)c2cccc3c2CCNC3)cc1. The highest BCUT2D eigenvalue weighted by Crippen LogP contribution is 2.26. The summed E-state index contributed by atoms with van der Waals surface area (Å²) < 4.78 is 28.4. The molecule has 28 heavy (non-hydrogen) atoms. The average molecular weight is 422 g/mol. The smallest absolute Gasteiger partial charge is 0.262 e. The van der Waals surface area contributed by atoms with Crippen LogP contribution in [0.5, 0.6) is 0 Å². The van der Waals surface area contributed by atoms with Crippen LogP contribution in [0.15, 0.2) is 47.4 Å². The van der Waals surface area contributed by atoms with Gasteiger partial charge in [-0.3, -0.25) is 9.52 Å². The Bertz CT molecular complexity index is 973. The number of hydrogen-bond acceptors (Lipinski definition) is 4. The van der Waals surface area contributed by atoms with Gasteiger partial charge < -0.3 is 10.6 Å². The van der Waals surface area contributed by atoms with Crippen molar-refractivity contribution in [1.29, 1.82) is 0 Å². The molecule has 2 aromatic carbocycles. The number of halogens is 1. The normalized spacial score (nSPS) is 14.2. The summed E-state index contributed by atoms with van der Waals surface area (Å²) in [6, 6.07) is 11.9. The molecule has 0 fully saturated rings. The number of alkyl halides is 1. The number of anilines is 2. The number of fused-ring (bicyclic) bond motifs is 1. The minimum Gasteiger partial charge on any atom is -0.326 e. The molecular weight excluding hydrogens is 398 g/mol. The van der Waals surface area contributed by atoms with E-state index in [9.17, 15) is 13.2 Å². The van der Waals surface area contributed by atoms with Gasteiger partial charge in [0.05, 0.1) is 10.3 Å². The van der Waals surface area contributed by atoms with E-state index in [0.29, 0.717) is 29.2 Å². The van der Waals surface area contributed by atoms with E-state index in [1.54, 1.807) is 50.2 Å². The fourth-order valence-electron chi connectivity index (χ4n) is 2.94. The van der Waals surface area contributed by atoms with E-state index in [1.807, 2.05) is 6.07 Å². The van der Waals surface area contributed by atoms with Crippen molar-refractivity contribution in [2.45, 2.75) is 31.7 Å². The first-order valence-electron chi connectivity index (χ1n) is 9.05. The number of amides is 1. The van der Waals surface area contributed by atoms with Crippen LogP contribution >= 0.6 is 11.6 Å². The van der Waals surface area contributed by atoms with E-state index in [4.69, 9.17) is 11.6 Å². The van der Waals surface area contributed by atoms with Crippen LogP contribution in [0.4, 0.5) is 11.4 Å². The first-order chi connectivity index (χ1) is 13.2. The maximum absolute atomic E-state index is 12.9. The Morgan fingerprint density at radius 3 is 2.50 bits per heavy atom. The predicted molar refractivity (Wildman–Crippen MR) is 112 cm³/mol. The molecule has 0 saturated carbocycles. The van der Waals surface area contributed by atoms with Crippen molar-refractivity contribution in [1.82, 2.24) is 5.32 Å². The number of carbonyl (C=O) groups is 1. The Hall–Kier alpha value is -2.09. The van der Waals surface area contributed by atoms with Crippen LogP contribution in [0.1, 0.15) is 25.0 Å². The molecule has 2 aromatic rings. The Morgan fingerprint density at radius 1 is 1.14 bits per heavy atom. The summed E-state index contributed by atoms with van der Waals surface area (Å²) in [5.74, 6) is 0.00790. The largest absolute Gasteiger partial charge is 0.326 e. The standard InChI is InChI=1S/C20H24ClN3O3S/c1-20(2,13-21)19(25)23-15-6-8-16(9-7-15)24-28(26,27)18-5-3-4-14-12-22-11-10-17(14)18/h3-9,22,24H,10-13H2,1-2H3,(H,23,25). The van der Waals surface area contributed by atoms with Gasteiger partial charge in [-0.15, -0.1) is 11.6 Å². The molecule has 0 atom stereocenters.